The van der Waals surface area contributed by atoms with Gasteiger partial charge in [0.15, 0.2) is 0 Å². The number of halogens is 3. The summed E-state index contributed by atoms with van der Waals surface area (Å²) in [5, 5.41) is 6.52. The molecule has 0 radical (unpaired) electrons. The molecule has 3 heterocycles. The molecule has 2 fully saturated rings. The fraction of sp³-hybridized carbons (Fsp3) is 0.556. The molecule has 2 atom stereocenters. The monoisotopic (exact) mass is 474 g/mol. The molecule has 0 aromatic carbocycles. The van der Waals surface area contributed by atoms with Crippen molar-refractivity contribution in [2.45, 2.75) is 32.0 Å². The van der Waals surface area contributed by atoms with Gasteiger partial charge in [-0.2, -0.15) is 13.2 Å². The number of nitrogens with one attached hydrogen (secondary N) is 3. The molecule has 2 aromatic heterocycles. The van der Waals surface area contributed by atoms with Crippen LogP contribution < -0.4 is 10.6 Å². The van der Waals surface area contributed by atoms with Gasteiger partial charge in [0.25, 0.3) is 0 Å². The van der Waals surface area contributed by atoms with E-state index in [4.69, 9.17) is 0 Å². The van der Waals surface area contributed by atoms with Gasteiger partial charge in [-0.05, 0) is 37.3 Å². The number of rotatable bonds is 4. The van der Waals surface area contributed by atoms with Crippen LogP contribution in [0.3, 0.4) is 0 Å². The van der Waals surface area contributed by atoms with Crippen molar-refractivity contribution in [3.63, 3.8) is 0 Å². The van der Waals surface area contributed by atoms with Gasteiger partial charge in [0.05, 0.1) is 0 Å². The molecule has 1 aliphatic carbocycles. The van der Waals surface area contributed by atoms with Gasteiger partial charge in [-0.15, -0.1) is 0 Å². The van der Waals surface area contributed by atoms with Gasteiger partial charge in [-0.1, -0.05) is 0 Å². The highest BCUT2D eigenvalue weighted by molar-refractivity contribution is 5.91. The summed E-state index contributed by atoms with van der Waals surface area (Å²) in [6.07, 6.45) is 1.42. The number of anilines is 1. The van der Waals surface area contributed by atoms with E-state index >= 15 is 0 Å². The number of alkyl halides is 3. The second kappa shape index (κ2) is 6.61. The summed E-state index contributed by atoms with van der Waals surface area (Å²) in [5.41, 5.74) is 2.75. The van der Waals surface area contributed by atoms with E-state index in [1.54, 1.807) is 6.20 Å². The van der Waals surface area contributed by atoms with E-state index in [0.29, 0.717) is 19.0 Å². The van der Waals surface area contributed by atoms with Crippen molar-refractivity contribution in [2.75, 3.05) is 25.0 Å². The van der Waals surface area contributed by atoms with Crippen molar-refractivity contribution in [1.29, 1.82) is 0 Å². The summed E-state index contributed by atoms with van der Waals surface area (Å²) in [6, 6.07) is 1.31. The van der Waals surface area contributed by atoms with Crippen LogP contribution in [0.1, 0.15) is 84.0 Å². The predicted molar refractivity (Wildman–Crippen MR) is 193 cm³/mol. The van der Waals surface area contributed by atoms with Crippen molar-refractivity contribution < 1.29 is 83.6 Å². The van der Waals surface area contributed by atoms with Crippen LogP contribution >= 0.6 is 0 Å². The van der Waals surface area contributed by atoms with Crippen LogP contribution in [-0.2, 0) is 0 Å². The number of carbonyl (C=O) groups is 1. The number of fused-ring (bicyclic) bond motifs is 1. The van der Waals surface area contributed by atoms with Crippen LogP contribution in [0.5, 0.6) is 0 Å². The van der Waals surface area contributed by atoms with Gasteiger partial charge in [-0.3, -0.25) is 0 Å². The van der Waals surface area contributed by atoms with Crippen molar-refractivity contribution in [3.05, 3.63) is 24.0 Å². The smallest absolute Gasteiger partial charge is 0.379 e. The number of hydrogen-bond acceptors (Lipinski definition) is 3. The molecule has 1 aliphatic heterocycles. The molecule has 0 bridgehead atoms. The molecule has 2 amide bonds. The molecule has 2 aromatic rings. The number of aromatic amines is 1. The average molecular weight is 474 g/mol. The van der Waals surface area contributed by atoms with Gasteiger partial charge in [0.2, 0.25) is 0 Å². The lowest BCUT2D eigenvalue weighted by Crippen LogP contribution is -2.43. The first-order chi connectivity index (χ1) is 12.8. The van der Waals surface area contributed by atoms with E-state index in [0.717, 1.165) is 35.1 Å². The van der Waals surface area contributed by atoms with Gasteiger partial charge < -0.3 is 20.5 Å². The van der Waals surface area contributed by atoms with Gasteiger partial charge >= 0.3 is 12.2 Å². The fourth-order valence-corrected chi connectivity index (χ4v) is 3.92. The van der Waals surface area contributed by atoms with E-state index in [1.807, 2.05) is 24.5 Å². The lowest BCUT2D eigenvalue weighted by atomic mass is 9.97. The molecule has 0 spiro atoms. The summed E-state index contributed by atoms with van der Waals surface area (Å²) >= 11 is 0. The number of hydrogen-bond donors (Lipinski definition) is 3. The van der Waals surface area contributed by atoms with Crippen molar-refractivity contribution in [3.8, 4) is 0 Å². The van der Waals surface area contributed by atoms with E-state index in [9.17, 15) is 18.0 Å². The highest BCUT2D eigenvalue weighted by Crippen LogP contribution is 2.43. The SMILES string of the molecule is Cc1cnc2[nH]ccc2c1N[C@H]1CN(C(=O)NCC(F)(F)F)C[C@H]1C1CC1.[HH].[HH].[HH].[HH].[HH].[HH].[HH].[HH].[HH].[HH].[HH].[HH].[HH].[HH].[HH].[HH].[HH].[HH].[HH].[HH].[HH].[HH].[HH].[HH].[HH].[HH].[HH].[HH].[HH].[HH].[HH].[HH].[HH].[HH].[HH].[HH].[HH].[HH].[HH].[HH].[HH].[HH].[HH].[HH].[HH].[HH]. The minimum atomic E-state index is -4.41. The van der Waals surface area contributed by atoms with E-state index in [-0.39, 0.29) is 77.6 Å². The molecule has 9 heteroatoms. The zero-order valence-corrected chi connectivity index (χ0v) is 14.9. The minimum Gasteiger partial charge on any atom is -0.379 e. The number of likely N-dealkylation sites (tertiary alicyclic amines) is 1. The zero-order chi connectivity index (χ0) is 19.2. The number of aryl methyl sites for hydroxylation is 1. The Labute approximate surface area is 222 Å². The molecule has 2 aliphatic rings. The molecule has 238 valence electrons. The van der Waals surface area contributed by atoms with Crippen molar-refractivity contribution in [1.82, 2.24) is 20.2 Å². The average Bonchev–Trinajstić information content (AvgIpc) is 3.18. The molecule has 3 N–H and O–H groups in total. The maximum Gasteiger partial charge on any atom is 0.405 e. The van der Waals surface area contributed by atoms with E-state index in [2.05, 4.69) is 15.3 Å². The zero-order valence-electron chi connectivity index (χ0n) is 14.9. The largest absolute Gasteiger partial charge is 0.405 e. The Morgan fingerprint density at radius 1 is 1.41 bits per heavy atom. The molecule has 1 saturated heterocycles. The normalized spacial score (nSPS) is 23.0. The maximum absolute atomic E-state index is 12.4. The predicted octanol–water partition coefficient (Wildman–Crippen LogP) is 14.6. The number of carbonyl (C=O) groups excluding carboxylic acids is 1. The molecular formula is C18H114F3N5O. The molecule has 27 heavy (non-hydrogen) atoms. The number of amides is 2. The van der Waals surface area contributed by atoms with Gasteiger partial charge in [0.1, 0.15) is 12.2 Å². The molecular weight excluding hydrogens is 359 g/mol. The third-order valence-corrected chi connectivity index (χ3v) is 5.43. The van der Waals surface area contributed by atoms with Crippen LogP contribution in [0.15, 0.2) is 18.5 Å². The van der Waals surface area contributed by atoms with Crippen molar-refractivity contribution in [2.24, 2.45) is 11.8 Å². The quantitative estimate of drug-likeness (QED) is 0.413. The number of H-pyrrole nitrogens is 1. The number of urea groups is 1. The van der Waals surface area contributed by atoms with Gasteiger partial charge in [0, 0.05) is 114 Å². The molecule has 6 nitrogen and oxygen atoms in total. The third kappa shape index (κ3) is 3.81. The van der Waals surface area contributed by atoms with Crippen LogP contribution in [0, 0.1) is 18.8 Å². The van der Waals surface area contributed by atoms with Crippen LogP contribution in [-0.4, -0.2) is 52.8 Å². The second-order valence-corrected chi connectivity index (χ2v) is 7.49. The third-order valence-electron chi connectivity index (χ3n) is 5.43. The summed E-state index contributed by atoms with van der Waals surface area (Å²) in [4.78, 5) is 21.1. The first-order valence-electron chi connectivity index (χ1n) is 9.10. The van der Waals surface area contributed by atoms with Gasteiger partial charge in [-0.25, -0.2) is 9.78 Å². The standard InChI is InChI=1S/C18H22F3N5O.46H2/c1-10-6-23-16-12(4-5-22-16)15(10)25-14-8-26(7-13(14)11-2-3-11)17(27)24-9-18(19,20)21;;;;;;;;;;;;;;;;;;;;;;;;;;;;;;;;;;;;;;;;;;;;;;/h4-6,11,13-14H,2-3,7-9H2,1H3,(H,24,27)(H2,22,23,25);46*1H/t13-,14-;;;;;;;;;;;;;;;;;;;;;;;;;;;;;;;;;;;;;;;;;;;;;;/m0............................................../s1. The highest BCUT2D eigenvalue weighted by atomic mass is 19.4. The lowest BCUT2D eigenvalue weighted by molar-refractivity contribution is -0.123. The lowest BCUT2D eigenvalue weighted by Gasteiger charge is -2.22. The molecule has 1 saturated carbocycles. The Morgan fingerprint density at radius 2 is 2.19 bits per heavy atom. The Balaban J connectivity index is -0.00000000477. The Kier molecular flexibility index (Phi) is 4.39. The van der Waals surface area contributed by atoms with Crippen LogP contribution in [0.2, 0.25) is 0 Å². The first-order valence-corrected chi connectivity index (χ1v) is 9.10. The maximum atomic E-state index is 12.4. The molecule has 0 unspecified atom stereocenters. The summed E-state index contributed by atoms with van der Waals surface area (Å²) < 4.78 is 37.2. The van der Waals surface area contributed by atoms with E-state index < -0.39 is 18.8 Å². The molecule has 4 rings (SSSR count). The van der Waals surface area contributed by atoms with Crippen molar-refractivity contribution >= 4 is 22.8 Å². The Morgan fingerprint density at radius 3 is 2.89 bits per heavy atom. The Bertz CT molecular complexity index is 915. The highest BCUT2D eigenvalue weighted by Gasteiger charge is 2.44. The fourth-order valence-electron chi connectivity index (χ4n) is 3.92. The van der Waals surface area contributed by atoms with Crippen LogP contribution in [0.25, 0.3) is 11.0 Å². The topological polar surface area (TPSA) is 73.0 Å². The number of nitrogens with zero attached hydrogens (tertiary/aromatic N) is 2. The summed E-state index contributed by atoms with van der Waals surface area (Å²) in [6.45, 7) is 1.53. The minimum absolute atomic E-state index is 0. The number of aromatic nitrogens is 2. The van der Waals surface area contributed by atoms with E-state index in [1.165, 1.54) is 4.90 Å². The number of pyridine rings is 1. The second-order valence-electron chi connectivity index (χ2n) is 7.49. The Hall–Kier alpha value is -2.45. The van der Waals surface area contributed by atoms with Crippen LogP contribution in [0.4, 0.5) is 23.7 Å². The summed E-state index contributed by atoms with van der Waals surface area (Å²) in [7, 11) is 0. The first kappa shape index (κ1) is 17.9. The summed E-state index contributed by atoms with van der Waals surface area (Å²) in [5.74, 6) is 0.759.